The summed E-state index contributed by atoms with van der Waals surface area (Å²) in [7, 11) is 0. The molecule has 2 aromatic rings. The summed E-state index contributed by atoms with van der Waals surface area (Å²) in [6.45, 7) is 0. The highest BCUT2D eigenvalue weighted by molar-refractivity contribution is 5.74. The molecule has 0 bridgehead atoms. The maximum absolute atomic E-state index is 9.92. The second kappa shape index (κ2) is 3.53. The second-order valence-electron chi connectivity index (χ2n) is 4.04. The number of hydrogen-bond donors (Lipinski definition) is 1. The molecule has 0 atom stereocenters. The van der Waals surface area contributed by atoms with Crippen LogP contribution in [0.4, 0.5) is 0 Å². The van der Waals surface area contributed by atoms with Crippen molar-refractivity contribution in [3.8, 4) is 16.9 Å². The SMILES string of the molecule is Oc1cc(-c2ccccc2)cc2c1C=CC2. The van der Waals surface area contributed by atoms with Gasteiger partial charge in [-0.2, -0.15) is 0 Å². The molecule has 0 heterocycles. The van der Waals surface area contributed by atoms with Crippen molar-refractivity contribution >= 4 is 6.08 Å². The number of phenolic OH excluding ortho intramolecular Hbond substituents is 1. The Labute approximate surface area is 94.7 Å². The van der Waals surface area contributed by atoms with Gasteiger partial charge in [0.25, 0.3) is 0 Å². The smallest absolute Gasteiger partial charge is 0.123 e. The lowest BCUT2D eigenvalue weighted by Gasteiger charge is -2.07. The molecule has 0 radical (unpaired) electrons. The van der Waals surface area contributed by atoms with Crippen LogP contribution in [0.15, 0.2) is 48.5 Å². The Morgan fingerprint density at radius 2 is 1.75 bits per heavy atom. The fraction of sp³-hybridized carbons (Fsp3) is 0.0667. The van der Waals surface area contributed by atoms with Crippen molar-refractivity contribution in [3.63, 3.8) is 0 Å². The normalized spacial score (nSPS) is 12.8. The first-order chi connectivity index (χ1) is 7.84. The third-order valence-electron chi connectivity index (χ3n) is 2.97. The molecule has 16 heavy (non-hydrogen) atoms. The lowest BCUT2D eigenvalue weighted by molar-refractivity contribution is 0.474. The minimum atomic E-state index is 0.380. The van der Waals surface area contributed by atoms with Gasteiger partial charge in [-0.25, -0.2) is 0 Å². The van der Waals surface area contributed by atoms with Crippen molar-refractivity contribution in [2.24, 2.45) is 0 Å². The summed E-state index contributed by atoms with van der Waals surface area (Å²) >= 11 is 0. The molecule has 0 saturated carbocycles. The lowest BCUT2D eigenvalue weighted by Crippen LogP contribution is -1.85. The van der Waals surface area contributed by atoms with E-state index in [9.17, 15) is 5.11 Å². The van der Waals surface area contributed by atoms with Gasteiger partial charge in [0.1, 0.15) is 5.75 Å². The molecule has 0 aliphatic heterocycles. The van der Waals surface area contributed by atoms with E-state index in [2.05, 4.69) is 24.3 Å². The molecular formula is C15H12O. The molecule has 1 aliphatic carbocycles. The van der Waals surface area contributed by atoms with Gasteiger partial charge in [0.15, 0.2) is 0 Å². The van der Waals surface area contributed by atoms with Gasteiger partial charge >= 0.3 is 0 Å². The van der Waals surface area contributed by atoms with Gasteiger partial charge in [0, 0.05) is 5.56 Å². The molecule has 78 valence electrons. The third-order valence-corrected chi connectivity index (χ3v) is 2.97. The van der Waals surface area contributed by atoms with Crippen LogP contribution in [0.5, 0.6) is 5.75 Å². The average Bonchev–Trinajstić information content (AvgIpc) is 2.79. The Morgan fingerprint density at radius 1 is 0.938 bits per heavy atom. The molecule has 0 aromatic heterocycles. The zero-order valence-corrected chi connectivity index (χ0v) is 8.85. The third kappa shape index (κ3) is 1.41. The average molecular weight is 208 g/mol. The maximum Gasteiger partial charge on any atom is 0.123 e. The summed E-state index contributed by atoms with van der Waals surface area (Å²) < 4.78 is 0. The maximum atomic E-state index is 9.92. The molecule has 3 rings (SSSR count). The van der Waals surface area contributed by atoms with Crippen molar-refractivity contribution in [1.29, 1.82) is 0 Å². The molecule has 2 aromatic carbocycles. The Hall–Kier alpha value is -2.02. The van der Waals surface area contributed by atoms with Crippen LogP contribution in [-0.2, 0) is 6.42 Å². The van der Waals surface area contributed by atoms with E-state index in [4.69, 9.17) is 0 Å². The Balaban J connectivity index is 2.15. The highest BCUT2D eigenvalue weighted by atomic mass is 16.3. The van der Waals surface area contributed by atoms with Crippen LogP contribution in [0, 0.1) is 0 Å². The predicted molar refractivity (Wildman–Crippen MR) is 66.3 cm³/mol. The number of aromatic hydroxyl groups is 1. The van der Waals surface area contributed by atoms with Crippen LogP contribution in [0.2, 0.25) is 0 Å². The molecule has 1 heteroatoms. The van der Waals surface area contributed by atoms with Crippen LogP contribution in [-0.4, -0.2) is 5.11 Å². The molecule has 1 nitrogen and oxygen atoms in total. The number of hydrogen-bond acceptors (Lipinski definition) is 1. The van der Waals surface area contributed by atoms with Gasteiger partial charge in [-0.05, 0) is 35.2 Å². The van der Waals surface area contributed by atoms with E-state index < -0.39 is 0 Å². The molecule has 1 N–H and O–H groups in total. The topological polar surface area (TPSA) is 20.2 Å². The van der Waals surface area contributed by atoms with Crippen molar-refractivity contribution < 1.29 is 5.11 Å². The molecular weight excluding hydrogens is 196 g/mol. The van der Waals surface area contributed by atoms with E-state index in [1.807, 2.05) is 30.3 Å². The minimum Gasteiger partial charge on any atom is -0.507 e. The highest BCUT2D eigenvalue weighted by Gasteiger charge is 2.11. The number of phenols is 1. The summed E-state index contributed by atoms with van der Waals surface area (Å²) in [5, 5.41) is 9.92. The first-order valence-electron chi connectivity index (χ1n) is 5.42. The van der Waals surface area contributed by atoms with Crippen molar-refractivity contribution in [3.05, 3.63) is 59.7 Å². The number of allylic oxidation sites excluding steroid dienone is 1. The van der Waals surface area contributed by atoms with E-state index in [0.717, 1.165) is 23.1 Å². The zero-order chi connectivity index (χ0) is 11.0. The minimum absolute atomic E-state index is 0.380. The Morgan fingerprint density at radius 3 is 2.56 bits per heavy atom. The summed E-state index contributed by atoms with van der Waals surface area (Å²) in [5.41, 5.74) is 4.41. The van der Waals surface area contributed by atoms with Gasteiger partial charge in [-0.15, -0.1) is 0 Å². The Kier molecular flexibility index (Phi) is 2.03. The number of rotatable bonds is 1. The molecule has 1 aliphatic rings. The molecule has 0 amide bonds. The fourth-order valence-electron chi connectivity index (χ4n) is 2.16. The molecule has 0 fully saturated rings. The first kappa shape index (κ1) is 9.22. The standard InChI is InChI=1S/C15H12O/c16-15-10-13(11-5-2-1-3-6-11)9-12-7-4-8-14(12)15/h1-6,8-10,16H,7H2. The van der Waals surface area contributed by atoms with E-state index in [0.29, 0.717) is 5.75 Å². The summed E-state index contributed by atoms with van der Waals surface area (Å²) in [6, 6.07) is 14.1. The van der Waals surface area contributed by atoms with Crippen molar-refractivity contribution in [1.82, 2.24) is 0 Å². The lowest BCUT2D eigenvalue weighted by atomic mass is 9.99. The van der Waals surface area contributed by atoms with Crippen molar-refractivity contribution in [2.75, 3.05) is 0 Å². The number of fused-ring (bicyclic) bond motifs is 1. The second-order valence-corrected chi connectivity index (χ2v) is 4.04. The summed E-state index contributed by atoms with van der Waals surface area (Å²) in [5.74, 6) is 0.380. The molecule has 0 saturated heterocycles. The quantitative estimate of drug-likeness (QED) is 0.758. The Bertz CT molecular complexity index is 553. The molecule has 0 unspecified atom stereocenters. The van der Waals surface area contributed by atoms with Gasteiger partial charge in [0.2, 0.25) is 0 Å². The van der Waals surface area contributed by atoms with Crippen LogP contribution < -0.4 is 0 Å². The largest absolute Gasteiger partial charge is 0.507 e. The molecule has 0 spiro atoms. The number of benzene rings is 2. The predicted octanol–water partition coefficient (Wildman–Crippen LogP) is 3.63. The first-order valence-corrected chi connectivity index (χ1v) is 5.42. The van der Waals surface area contributed by atoms with E-state index in [1.165, 1.54) is 5.56 Å². The van der Waals surface area contributed by atoms with Gasteiger partial charge < -0.3 is 5.11 Å². The van der Waals surface area contributed by atoms with Crippen LogP contribution in [0.3, 0.4) is 0 Å². The van der Waals surface area contributed by atoms with E-state index in [1.54, 1.807) is 0 Å². The van der Waals surface area contributed by atoms with Crippen LogP contribution in [0.25, 0.3) is 17.2 Å². The monoisotopic (exact) mass is 208 g/mol. The van der Waals surface area contributed by atoms with Gasteiger partial charge in [0.05, 0.1) is 0 Å². The summed E-state index contributed by atoms with van der Waals surface area (Å²) in [4.78, 5) is 0. The van der Waals surface area contributed by atoms with Crippen LogP contribution in [0.1, 0.15) is 11.1 Å². The highest BCUT2D eigenvalue weighted by Crippen LogP contribution is 2.33. The van der Waals surface area contributed by atoms with E-state index >= 15 is 0 Å². The van der Waals surface area contributed by atoms with Crippen LogP contribution >= 0.6 is 0 Å². The van der Waals surface area contributed by atoms with Crippen molar-refractivity contribution in [2.45, 2.75) is 6.42 Å². The van der Waals surface area contributed by atoms with Gasteiger partial charge in [-0.1, -0.05) is 42.5 Å². The summed E-state index contributed by atoms with van der Waals surface area (Å²) in [6.07, 6.45) is 4.99. The van der Waals surface area contributed by atoms with Gasteiger partial charge in [-0.3, -0.25) is 0 Å². The van der Waals surface area contributed by atoms with E-state index in [-0.39, 0.29) is 0 Å². The zero-order valence-electron chi connectivity index (χ0n) is 8.85. The fourth-order valence-corrected chi connectivity index (χ4v) is 2.16.